The highest BCUT2D eigenvalue weighted by molar-refractivity contribution is 6.32. The van der Waals surface area contributed by atoms with E-state index in [4.69, 9.17) is 6.42 Å². The van der Waals surface area contributed by atoms with Crippen molar-refractivity contribution in [3.8, 4) is 12.3 Å². The van der Waals surface area contributed by atoms with Crippen LogP contribution < -0.4 is 10.8 Å². The third-order valence-electron chi connectivity index (χ3n) is 6.75. The number of piperazine rings is 1. The maximum absolute atomic E-state index is 13.7. The molecular weight excluding hydrogens is 465 g/mol. The van der Waals surface area contributed by atoms with E-state index in [2.05, 4.69) is 17.3 Å². The summed E-state index contributed by atoms with van der Waals surface area (Å²) < 4.78 is 0. The number of hydrazine groups is 1. The number of terminal acetylenes is 1. The van der Waals surface area contributed by atoms with Crippen molar-refractivity contribution in [3.63, 3.8) is 0 Å². The molecule has 4 amide bonds. The summed E-state index contributed by atoms with van der Waals surface area (Å²) in [6, 6.07) is 16.7. The molecule has 192 valence electrons. The third kappa shape index (κ3) is 5.97. The van der Waals surface area contributed by atoms with Crippen LogP contribution in [0.15, 0.2) is 54.6 Å². The summed E-state index contributed by atoms with van der Waals surface area (Å²) in [5.74, 6) is 2.48. The molecule has 4 rings (SSSR count). The summed E-state index contributed by atoms with van der Waals surface area (Å²) in [5, 5.41) is 6.14. The first-order valence-corrected chi connectivity index (χ1v) is 12.7. The van der Waals surface area contributed by atoms with Gasteiger partial charge in [-0.15, -0.1) is 6.42 Å². The summed E-state index contributed by atoms with van der Waals surface area (Å²) >= 11 is 0. The normalized spacial score (nSPS) is 20.1. The van der Waals surface area contributed by atoms with E-state index in [1.165, 1.54) is 0 Å². The molecule has 2 aliphatic rings. The molecule has 0 spiro atoms. The Hall–Kier alpha value is -3.77. The zero-order valence-corrected chi connectivity index (χ0v) is 21.8. The van der Waals surface area contributed by atoms with Gasteiger partial charge in [-0.3, -0.25) is 9.59 Å². The Balaban J connectivity index is 1.66. The van der Waals surface area contributed by atoms with E-state index in [0.29, 0.717) is 19.5 Å². The van der Waals surface area contributed by atoms with Gasteiger partial charge in [0.2, 0.25) is 11.8 Å². The molecule has 0 unspecified atom stereocenters. The van der Waals surface area contributed by atoms with Crippen molar-refractivity contribution in [1.82, 2.24) is 25.1 Å². The maximum Gasteiger partial charge on any atom is 0.334 e. The predicted molar refractivity (Wildman–Crippen MR) is 145 cm³/mol. The highest BCUT2D eigenvalue weighted by Crippen LogP contribution is 2.30. The fourth-order valence-electron chi connectivity index (χ4n) is 5.14. The summed E-state index contributed by atoms with van der Waals surface area (Å²) in [7, 11) is 2.02. The monoisotopic (exact) mass is 499 g/mol. The van der Waals surface area contributed by atoms with E-state index in [-0.39, 0.29) is 43.4 Å². The van der Waals surface area contributed by atoms with Crippen LogP contribution in [0.2, 0.25) is 0 Å². The minimum absolute atomic E-state index is 0.0563. The van der Waals surface area contributed by atoms with Crippen molar-refractivity contribution < 1.29 is 14.4 Å². The van der Waals surface area contributed by atoms with Crippen molar-refractivity contribution in [2.24, 2.45) is 5.92 Å². The van der Waals surface area contributed by atoms with Crippen LogP contribution in [0.3, 0.4) is 0 Å². The Morgan fingerprint density at radius 1 is 1.14 bits per heavy atom. The molecule has 9 heteroatoms. The quantitative estimate of drug-likeness (QED) is 0.455. The number of fused-ring (bicyclic) bond motifs is 1. The number of nitrogens with zero attached hydrogens (tertiary/aromatic N) is 4. The standard InChI is InChI=1S/C28H34BN5O3/c1-4-13-32-19-26(35)33-24(14-20(2)3)27(36)31(17-22-11-8-12-23(29)15-22)18-25(33)34(32)28(37)30-16-21-9-6-5-7-10-21/h1,5-12,15,20,24-25H,13-14,16-19,29H2,2-3H3,(H,30,37)/t24-,25-/m0/s1. The predicted octanol–water partition coefficient (Wildman–Crippen LogP) is 0.932. The summed E-state index contributed by atoms with van der Waals surface area (Å²) in [6.45, 7) is 5.06. The Labute approximate surface area is 220 Å². The van der Waals surface area contributed by atoms with Gasteiger partial charge in [-0.2, -0.15) is 5.01 Å². The van der Waals surface area contributed by atoms with Gasteiger partial charge < -0.3 is 15.1 Å². The van der Waals surface area contributed by atoms with Gasteiger partial charge in [-0.1, -0.05) is 79.8 Å². The Morgan fingerprint density at radius 2 is 1.86 bits per heavy atom. The fourth-order valence-corrected chi connectivity index (χ4v) is 5.14. The zero-order valence-electron chi connectivity index (χ0n) is 21.8. The number of carbonyl (C=O) groups excluding carboxylic acids is 3. The molecule has 37 heavy (non-hydrogen) atoms. The molecule has 0 aliphatic carbocycles. The van der Waals surface area contributed by atoms with E-state index in [9.17, 15) is 14.4 Å². The van der Waals surface area contributed by atoms with Crippen LogP contribution in [0.25, 0.3) is 0 Å². The van der Waals surface area contributed by atoms with Crippen LogP contribution in [0.4, 0.5) is 4.79 Å². The molecule has 0 saturated carbocycles. The first-order valence-electron chi connectivity index (χ1n) is 12.7. The molecule has 0 radical (unpaired) electrons. The molecule has 0 bridgehead atoms. The Bertz CT molecular complexity index is 1180. The summed E-state index contributed by atoms with van der Waals surface area (Å²) in [5.41, 5.74) is 3.08. The average Bonchev–Trinajstić information content (AvgIpc) is 2.86. The topological polar surface area (TPSA) is 76.2 Å². The fraction of sp³-hybridized carbons (Fsp3) is 0.393. The van der Waals surface area contributed by atoms with Crippen molar-refractivity contribution in [3.05, 3.63) is 65.7 Å². The highest BCUT2D eigenvalue weighted by Gasteiger charge is 2.51. The number of amides is 4. The highest BCUT2D eigenvalue weighted by atomic mass is 16.2. The van der Waals surface area contributed by atoms with Gasteiger partial charge in [0, 0.05) is 13.1 Å². The summed E-state index contributed by atoms with van der Waals surface area (Å²) in [4.78, 5) is 44.1. The molecule has 2 saturated heterocycles. The third-order valence-corrected chi connectivity index (χ3v) is 6.75. The number of urea groups is 1. The number of benzene rings is 2. The lowest BCUT2D eigenvalue weighted by molar-refractivity contribution is -0.190. The molecule has 2 aromatic carbocycles. The smallest absolute Gasteiger partial charge is 0.333 e. The number of nitrogens with one attached hydrogen (secondary N) is 1. The molecule has 2 fully saturated rings. The lowest BCUT2D eigenvalue weighted by atomic mass is 9.93. The maximum atomic E-state index is 13.7. The molecule has 1 N–H and O–H groups in total. The van der Waals surface area contributed by atoms with Crippen LogP contribution >= 0.6 is 0 Å². The number of hydrogen-bond donors (Lipinski definition) is 1. The molecule has 0 aromatic heterocycles. The molecule has 2 aromatic rings. The lowest BCUT2D eigenvalue weighted by Gasteiger charge is -2.55. The van der Waals surface area contributed by atoms with Crippen LogP contribution in [0.1, 0.15) is 31.4 Å². The minimum Gasteiger partial charge on any atom is -0.333 e. The number of rotatable bonds is 7. The molecule has 2 heterocycles. The van der Waals surface area contributed by atoms with Gasteiger partial charge in [0.15, 0.2) is 0 Å². The van der Waals surface area contributed by atoms with Gasteiger partial charge in [-0.25, -0.2) is 9.80 Å². The second-order valence-corrected chi connectivity index (χ2v) is 10.2. The summed E-state index contributed by atoms with van der Waals surface area (Å²) in [6.07, 6.45) is 5.48. The number of hydrogen-bond acceptors (Lipinski definition) is 4. The van der Waals surface area contributed by atoms with Gasteiger partial charge in [0.25, 0.3) is 0 Å². The van der Waals surface area contributed by atoms with E-state index < -0.39 is 12.2 Å². The Morgan fingerprint density at radius 3 is 2.54 bits per heavy atom. The first kappa shape index (κ1) is 26.3. The Kier molecular flexibility index (Phi) is 8.19. The molecule has 2 aliphatic heterocycles. The average molecular weight is 499 g/mol. The minimum atomic E-state index is -0.656. The molecule has 8 nitrogen and oxygen atoms in total. The number of carbonyl (C=O) groups is 3. The van der Waals surface area contributed by atoms with Crippen LogP contribution in [-0.4, -0.2) is 77.4 Å². The molecular formula is C28H34BN5O3. The second-order valence-electron chi connectivity index (χ2n) is 10.2. The van der Waals surface area contributed by atoms with Gasteiger partial charge >= 0.3 is 6.03 Å². The van der Waals surface area contributed by atoms with Crippen LogP contribution in [0, 0.1) is 18.3 Å². The van der Waals surface area contributed by atoms with Crippen molar-refractivity contribution >= 4 is 31.2 Å². The first-order chi connectivity index (χ1) is 17.8. The van der Waals surface area contributed by atoms with E-state index >= 15 is 0 Å². The van der Waals surface area contributed by atoms with Gasteiger partial charge in [0.05, 0.1) is 19.6 Å². The van der Waals surface area contributed by atoms with Gasteiger partial charge in [0.1, 0.15) is 20.1 Å². The van der Waals surface area contributed by atoms with Crippen LogP contribution in [0.5, 0.6) is 0 Å². The van der Waals surface area contributed by atoms with Crippen molar-refractivity contribution in [2.45, 2.75) is 45.6 Å². The largest absolute Gasteiger partial charge is 0.334 e. The van der Waals surface area contributed by atoms with Crippen molar-refractivity contribution in [1.29, 1.82) is 0 Å². The SMILES string of the molecule is Bc1cccc(CN2C[C@H]3N(C(=O)CN(CC#C)N3C(=O)NCc3ccccc3)[C@@H](CC(C)C)C2=O)c1. The van der Waals surface area contributed by atoms with E-state index in [1.54, 1.807) is 19.8 Å². The second kappa shape index (κ2) is 11.5. The van der Waals surface area contributed by atoms with E-state index in [0.717, 1.165) is 16.6 Å². The van der Waals surface area contributed by atoms with E-state index in [1.807, 2.05) is 70.2 Å². The van der Waals surface area contributed by atoms with Gasteiger partial charge in [-0.05, 0) is 23.5 Å². The van der Waals surface area contributed by atoms with Crippen molar-refractivity contribution in [2.75, 3.05) is 19.6 Å². The zero-order chi connectivity index (χ0) is 26.5. The molecule has 2 atom stereocenters. The van der Waals surface area contributed by atoms with Crippen LogP contribution in [-0.2, 0) is 22.7 Å². The lowest BCUT2D eigenvalue weighted by Crippen LogP contribution is -2.76.